The second kappa shape index (κ2) is 8.78. The van der Waals surface area contributed by atoms with Crippen LogP contribution < -0.4 is 5.32 Å². The van der Waals surface area contributed by atoms with Gasteiger partial charge in [0.05, 0.1) is 23.4 Å². The van der Waals surface area contributed by atoms with Crippen molar-refractivity contribution >= 4 is 23.4 Å². The van der Waals surface area contributed by atoms with E-state index in [4.69, 9.17) is 0 Å². The number of anilines is 1. The number of hydrogen-bond donors (Lipinski definition) is 1. The summed E-state index contributed by atoms with van der Waals surface area (Å²) in [5, 5.41) is 2.71. The van der Waals surface area contributed by atoms with Gasteiger partial charge in [0.1, 0.15) is 11.9 Å². The number of rotatable bonds is 2. The van der Waals surface area contributed by atoms with Gasteiger partial charge < -0.3 is 15.1 Å². The van der Waals surface area contributed by atoms with Gasteiger partial charge in [-0.3, -0.25) is 14.4 Å². The number of halogens is 4. The lowest BCUT2D eigenvalue weighted by Crippen LogP contribution is -2.59. The molecule has 0 radical (unpaired) electrons. The molecule has 0 bridgehead atoms. The third-order valence-corrected chi connectivity index (χ3v) is 6.38. The van der Waals surface area contributed by atoms with E-state index < -0.39 is 41.3 Å². The van der Waals surface area contributed by atoms with Gasteiger partial charge >= 0.3 is 6.18 Å². The van der Waals surface area contributed by atoms with Crippen molar-refractivity contribution in [2.45, 2.75) is 12.2 Å². The van der Waals surface area contributed by atoms with E-state index in [-0.39, 0.29) is 36.4 Å². The fourth-order valence-corrected chi connectivity index (χ4v) is 4.48. The zero-order valence-electron chi connectivity index (χ0n) is 18.7. The number of fused-ring (bicyclic) bond motifs is 2. The zero-order valence-corrected chi connectivity index (χ0v) is 18.7. The van der Waals surface area contributed by atoms with E-state index in [0.717, 1.165) is 24.3 Å². The number of nitrogens with one attached hydrogen (secondary N) is 1. The molecule has 2 heterocycles. The van der Waals surface area contributed by atoms with E-state index in [0.29, 0.717) is 11.1 Å². The average molecular weight is 497 g/mol. The molecule has 10 heteroatoms. The molecule has 6 nitrogen and oxygen atoms in total. The van der Waals surface area contributed by atoms with Crippen molar-refractivity contribution < 1.29 is 31.9 Å². The van der Waals surface area contributed by atoms with Crippen LogP contribution in [0.5, 0.6) is 0 Å². The van der Waals surface area contributed by atoms with Gasteiger partial charge in [-0.1, -0.05) is 24.3 Å². The molecule has 2 aliphatic rings. The summed E-state index contributed by atoms with van der Waals surface area (Å²) >= 11 is 0. The molecule has 0 saturated carbocycles. The van der Waals surface area contributed by atoms with Crippen LogP contribution in [0.2, 0.25) is 0 Å². The van der Waals surface area contributed by atoms with Gasteiger partial charge in [-0.2, -0.15) is 13.2 Å². The van der Waals surface area contributed by atoms with Crippen LogP contribution in [0.4, 0.5) is 23.2 Å². The number of carbonyl (C=O) groups is 3. The molecular formula is C26H19F4N3O3. The molecule has 1 saturated heterocycles. The largest absolute Gasteiger partial charge is 0.416 e. The van der Waals surface area contributed by atoms with Crippen LogP contribution in [0.3, 0.4) is 0 Å². The molecule has 1 fully saturated rings. The first-order valence-electron chi connectivity index (χ1n) is 11.1. The number of amides is 3. The summed E-state index contributed by atoms with van der Waals surface area (Å²) < 4.78 is 52.8. The third kappa shape index (κ3) is 4.19. The van der Waals surface area contributed by atoms with Crippen LogP contribution in [0.15, 0.2) is 66.7 Å². The molecular weight excluding hydrogens is 478 g/mol. The molecule has 5 rings (SSSR count). The molecule has 1 N–H and O–H groups in total. The summed E-state index contributed by atoms with van der Waals surface area (Å²) in [5.74, 6) is -1.91. The highest BCUT2D eigenvalue weighted by Crippen LogP contribution is 2.32. The fourth-order valence-electron chi connectivity index (χ4n) is 4.48. The molecule has 0 spiro atoms. The van der Waals surface area contributed by atoms with E-state index in [9.17, 15) is 31.9 Å². The van der Waals surface area contributed by atoms with Gasteiger partial charge in [-0.25, -0.2) is 4.39 Å². The lowest BCUT2D eigenvalue weighted by molar-refractivity contribution is -0.137. The lowest BCUT2D eigenvalue weighted by atomic mass is 10.0. The monoisotopic (exact) mass is 497 g/mol. The highest BCUT2D eigenvalue weighted by atomic mass is 19.4. The summed E-state index contributed by atoms with van der Waals surface area (Å²) in [7, 11) is 0. The zero-order chi connectivity index (χ0) is 25.6. The molecule has 184 valence electrons. The summed E-state index contributed by atoms with van der Waals surface area (Å²) in [6.07, 6.45) is -4.52. The standard InChI is InChI=1S/C26H19F4N3O3/c27-20-4-2-1-3-18(20)16-7-10-21-19(13-16)25(36)33-12-11-32(14-22(33)23(34)31-21)24(35)15-5-8-17(9-6-15)26(28,29)30/h1-10,13,22H,11-12,14H2,(H,31,34)/t22-/m0/s1. The fraction of sp³-hybridized carbons (Fsp3) is 0.192. The third-order valence-electron chi connectivity index (χ3n) is 6.38. The Labute approximate surface area is 203 Å². The molecule has 3 amide bonds. The van der Waals surface area contributed by atoms with Crippen LogP contribution in [-0.2, 0) is 11.0 Å². The van der Waals surface area contributed by atoms with Crippen LogP contribution >= 0.6 is 0 Å². The molecule has 3 aromatic carbocycles. The van der Waals surface area contributed by atoms with E-state index in [1.165, 1.54) is 28.0 Å². The normalized spacial score (nSPS) is 17.7. The minimum Gasteiger partial charge on any atom is -0.334 e. The summed E-state index contributed by atoms with van der Waals surface area (Å²) in [5.41, 5.74) is 0.449. The smallest absolute Gasteiger partial charge is 0.334 e. The van der Waals surface area contributed by atoms with Crippen molar-refractivity contribution in [2.24, 2.45) is 0 Å². The number of carbonyl (C=O) groups excluding carboxylic acids is 3. The van der Waals surface area contributed by atoms with Gasteiger partial charge in [-0.15, -0.1) is 0 Å². The predicted molar refractivity (Wildman–Crippen MR) is 123 cm³/mol. The van der Waals surface area contributed by atoms with E-state index in [1.807, 2.05) is 0 Å². The Morgan fingerprint density at radius 1 is 0.917 bits per heavy atom. The molecule has 0 aromatic heterocycles. The molecule has 3 aromatic rings. The van der Waals surface area contributed by atoms with Crippen molar-refractivity contribution in [3.8, 4) is 11.1 Å². The SMILES string of the molecule is O=C1Nc2ccc(-c3ccccc3F)cc2C(=O)N2CCN(C(=O)c3ccc(C(F)(F)F)cc3)C[C@@H]12. The van der Waals surface area contributed by atoms with Gasteiger partial charge in [0.2, 0.25) is 5.91 Å². The first-order valence-corrected chi connectivity index (χ1v) is 11.1. The number of alkyl halides is 3. The molecule has 36 heavy (non-hydrogen) atoms. The number of benzene rings is 3. The van der Waals surface area contributed by atoms with Crippen molar-refractivity contribution in [3.05, 3.63) is 89.2 Å². The van der Waals surface area contributed by atoms with Crippen molar-refractivity contribution in [1.82, 2.24) is 9.80 Å². The summed E-state index contributed by atoms with van der Waals surface area (Å²) in [4.78, 5) is 42.0. The van der Waals surface area contributed by atoms with E-state index >= 15 is 0 Å². The number of piperazine rings is 1. The van der Waals surface area contributed by atoms with Crippen molar-refractivity contribution in [2.75, 3.05) is 25.0 Å². The molecule has 2 aliphatic heterocycles. The van der Waals surface area contributed by atoms with Gasteiger partial charge in [-0.05, 0) is 48.0 Å². The quantitative estimate of drug-likeness (QED) is 0.533. The maximum absolute atomic E-state index is 14.3. The second-order valence-corrected chi connectivity index (χ2v) is 8.57. The minimum atomic E-state index is -4.52. The van der Waals surface area contributed by atoms with Crippen LogP contribution in [-0.4, -0.2) is 53.2 Å². The lowest BCUT2D eigenvalue weighted by Gasteiger charge is -2.39. The highest BCUT2D eigenvalue weighted by Gasteiger charge is 2.41. The Morgan fingerprint density at radius 3 is 2.33 bits per heavy atom. The molecule has 0 aliphatic carbocycles. The Hall–Kier alpha value is -4.21. The molecule has 1 atom stereocenters. The van der Waals surface area contributed by atoms with Gasteiger partial charge in [0.15, 0.2) is 0 Å². The Kier molecular flexibility index (Phi) is 5.74. The highest BCUT2D eigenvalue weighted by molar-refractivity contribution is 6.11. The first kappa shape index (κ1) is 23.5. The summed E-state index contributed by atoms with van der Waals surface area (Å²) in [6.45, 7) is 0.0238. The summed E-state index contributed by atoms with van der Waals surface area (Å²) in [6, 6.07) is 13.7. The van der Waals surface area contributed by atoms with Crippen molar-refractivity contribution in [1.29, 1.82) is 0 Å². The second-order valence-electron chi connectivity index (χ2n) is 8.57. The average Bonchev–Trinajstić information content (AvgIpc) is 2.97. The maximum atomic E-state index is 14.3. The number of nitrogens with zero attached hydrogens (tertiary/aromatic N) is 2. The Balaban J connectivity index is 1.39. The van der Waals surface area contributed by atoms with E-state index in [2.05, 4.69) is 5.32 Å². The van der Waals surface area contributed by atoms with Gasteiger partial charge in [0.25, 0.3) is 11.8 Å². The van der Waals surface area contributed by atoms with Gasteiger partial charge in [0, 0.05) is 24.2 Å². The minimum absolute atomic E-state index is 0.0483. The van der Waals surface area contributed by atoms with Crippen LogP contribution in [0.1, 0.15) is 26.3 Å². The number of hydrogen-bond acceptors (Lipinski definition) is 3. The first-order chi connectivity index (χ1) is 17.1. The van der Waals surface area contributed by atoms with Crippen LogP contribution in [0.25, 0.3) is 11.1 Å². The Morgan fingerprint density at radius 2 is 1.64 bits per heavy atom. The predicted octanol–water partition coefficient (Wildman–Crippen LogP) is 4.43. The van der Waals surface area contributed by atoms with Crippen molar-refractivity contribution in [3.63, 3.8) is 0 Å². The molecule has 0 unspecified atom stereocenters. The topological polar surface area (TPSA) is 69.7 Å². The maximum Gasteiger partial charge on any atom is 0.416 e. The van der Waals surface area contributed by atoms with E-state index in [1.54, 1.807) is 24.3 Å². The van der Waals surface area contributed by atoms with Crippen LogP contribution in [0, 0.1) is 5.82 Å². The Bertz CT molecular complexity index is 1370.